The van der Waals surface area contributed by atoms with Crippen LogP contribution >= 0.6 is 0 Å². The standard InChI is InChI=1S/C21H25N2O3/c1-20(2,3)18(24)21(4,22)16-10-12-17(13-11-16)23-19(25)26-14-15-8-6-5-7-9-15/h5-13H,4,14,22H2,1-3H3,(H,23,25). The van der Waals surface area contributed by atoms with Gasteiger partial charge in [0.1, 0.15) is 12.1 Å². The lowest BCUT2D eigenvalue weighted by atomic mass is 9.76. The number of nitrogens with one attached hydrogen (secondary N) is 1. The lowest BCUT2D eigenvalue weighted by Gasteiger charge is -2.31. The minimum Gasteiger partial charge on any atom is -0.444 e. The summed E-state index contributed by atoms with van der Waals surface area (Å²) in [6, 6.07) is 16.1. The van der Waals surface area contributed by atoms with Crippen LogP contribution in [0.4, 0.5) is 10.5 Å². The fourth-order valence-corrected chi connectivity index (χ4v) is 2.53. The zero-order valence-electron chi connectivity index (χ0n) is 15.4. The molecule has 0 aliphatic rings. The molecule has 0 aromatic heterocycles. The third-order valence-electron chi connectivity index (χ3n) is 3.95. The van der Waals surface area contributed by atoms with Crippen LogP contribution in [0.1, 0.15) is 31.9 Å². The summed E-state index contributed by atoms with van der Waals surface area (Å²) in [4.78, 5) is 24.4. The molecule has 0 aliphatic heterocycles. The highest BCUT2D eigenvalue weighted by atomic mass is 16.5. The second kappa shape index (κ2) is 7.70. The minimum absolute atomic E-state index is 0.159. The van der Waals surface area contributed by atoms with E-state index in [9.17, 15) is 9.59 Å². The van der Waals surface area contributed by atoms with Gasteiger partial charge in [0, 0.05) is 11.1 Å². The molecule has 2 aromatic carbocycles. The van der Waals surface area contributed by atoms with Crippen molar-refractivity contribution in [2.75, 3.05) is 5.32 Å². The molecule has 0 heterocycles. The molecule has 0 saturated carbocycles. The third-order valence-corrected chi connectivity index (χ3v) is 3.95. The van der Waals surface area contributed by atoms with Crippen molar-refractivity contribution in [3.63, 3.8) is 0 Å². The van der Waals surface area contributed by atoms with Gasteiger partial charge in [-0.1, -0.05) is 63.2 Å². The van der Waals surface area contributed by atoms with Crippen LogP contribution in [0.2, 0.25) is 0 Å². The Morgan fingerprint density at radius 2 is 1.62 bits per heavy atom. The van der Waals surface area contributed by atoms with E-state index in [0.717, 1.165) is 5.56 Å². The first kappa shape index (κ1) is 19.7. The Morgan fingerprint density at radius 1 is 1.04 bits per heavy atom. The van der Waals surface area contributed by atoms with E-state index in [-0.39, 0.29) is 12.4 Å². The molecule has 0 fully saturated rings. The Morgan fingerprint density at radius 3 is 2.15 bits per heavy atom. The number of carbonyl (C=O) groups is 2. The summed E-state index contributed by atoms with van der Waals surface area (Å²) in [5, 5.41) is 2.64. The molecule has 5 nitrogen and oxygen atoms in total. The van der Waals surface area contributed by atoms with Crippen LogP contribution in [0.5, 0.6) is 0 Å². The molecule has 2 aromatic rings. The molecular weight excluding hydrogens is 328 g/mol. The van der Waals surface area contributed by atoms with Crippen LogP contribution in [-0.2, 0) is 21.7 Å². The maximum absolute atomic E-state index is 12.5. The van der Waals surface area contributed by atoms with Crippen molar-refractivity contribution in [1.82, 2.24) is 0 Å². The molecule has 3 N–H and O–H groups in total. The van der Waals surface area contributed by atoms with E-state index < -0.39 is 17.0 Å². The quantitative estimate of drug-likeness (QED) is 0.850. The number of anilines is 1. The molecule has 0 aliphatic carbocycles. The Labute approximate surface area is 154 Å². The summed E-state index contributed by atoms with van der Waals surface area (Å²) in [5.41, 5.74) is 6.25. The Bertz CT molecular complexity index is 760. The SMILES string of the molecule is [CH2]C(N)(C(=O)C(C)(C)C)c1ccc(NC(=O)OCc2ccccc2)cc1. The number of nitrogens with two attached hydrogens (primary N) is 1. The average Bonchev–Trinajstić information content (AvgIpc) is 2.60. The van der Waals surface area contributed by atoms with Crippen LogP contribution in [0.3, 0.4) is 0 Å². The number of ether oxygens (including phenoxy) is 1. The first-order valence-electron chi connectivity index (χ1n) is 8.38. The minimum atomic E-state index is -1.34. The second-order valence-electron chi connectivity index (χ2n) is 7.31. The molecule has 1 amide bonds. The summed E-state index contributed by atoms with van der Waals surface area (Å²) in [6.07, 6.45) is -0.555. The molecule has 1 unspecified atom stereocenters. The largest absolute Gasteiger partial charge is 0.444 e. The maximum atomic E-state index is 12.5. The zero-order valence-corrected chi connectivity index (χ0v) is 15.4. The molecule has 0 saturated heterocycles. The van der Waals surface area contributed by atoms with Gasteiger partial charge in [0.05, 0.1) is 0 Å². The highest BCUT2D eigenvalue weighted by Crippen LogP contribution is 2.29. The van der Waals surface area contributed by atoms with Crippen molar-refractivity contribution in [3.05, 3.63) is 72.6 Å². The van der Waals surface area contributed by atoms with E-state index in [1.165, 1.54) is 0 Å². The molecule has 1 atom stereocenters. The van der Waals surface area contributed by atoms with E-state index in [2.05, 4.69) is 12.2 Å². The number of hydrogen-bond donors (Lipinski definition) is 2. The van der Waals surface area contributed by atoms with E-state index in [0.29, 0.717) is 11.3 Å². The average molecular weight is 353 g/mol. The highest BCUT2D eigenvalue weighted by Gasteiger charge is 2.38. The number of amides is 1. The second-order valence-corrected chi connectivity index (χ2v) is 7.31. The number of ketones is 1. The monoisotopic (exact) mass is 353 g/mol. The van der Waals surface area contributed by atoms with Crippen molar-refractivity contribution < 1.29 is 14.3 Å². The van der Waals surface area contributed by atoms with Gasteiger partial charge in [0.15, 0.2) is 5.78 Å². The van der Waals surface area contributed by atoms with E-state index >= 15 is 0 Å². The molecule has 0 spiro atoms. The Hall–Kier alpha value is -2.66. The lowest BCUT2D eigenvalue weighted by Crippen LogP contribution is -2.48. The molecule has 5 heteroatoms. The summed E-state index contributed by atoms with van der Waals surface area (Å²) in [5.74, 6) is -0.159. The number of Topliss-reactive ketones (excluding diaryl/α,β-unsaturated/α-hetero) is 1. The van der Waals surface area contributed by atoms with Gasteiger partial charge in [-0.25, -0.2) is 4.79 Å². The smallest absolute Gasteiger partial charge is 0.411 e. The molecule has 137 valence electrons. The van der Waals surface area contributed by atoms with Gasteiger partial charge in [0.25, 0.3) is 0 Å². The van der Waals surface area contributed by atoms with Crippen LogP contribution < -0.4 is 11.1 Å². The normalized spacial score (nSPS) is 13.6. The van der Waals surface area contributed by atoms with Crippen molar-refractivity contribution in [2.45, 2.75) is 32.9 Å². The number of rotatable bonds is 5. The van der Waals surface area contributed by atoms with Crippen molar-refractivity contribution in [3.8, 4) is 0 Å². The van der Waals surface area contributed by atoms with Crippen molar-refractivity contribution in [1.29, 1.82) is 0 Å². The predicted octanol–water partition coefficient (Wildman–Crippen LogP) is 4.04. The summed E-state index contributed by atoms with van der Waals surface area (Å²) in [6.45, 7) is 9.49. The summed E-state index contributed by atoms with van der Waals surface area (Å²) >= 11 is 0. The molecule has 0 bridgehead atoms. The highest BCUT2D eigenvalue weighted by molar-refractivity contribution is 5.94. The van der Waals surface area contributed by atoms with Gasteiger partial charge in [-0.15, -0.1) is 0 Å². The summed E-state index contributed by atoms with van der Waals surface area (Å²) < 4.78 is 5.17. The number of benzene rings is 2. The van der Waals surface area contributed by atoms with E-state index in [1.807, 2.05) is 30.3 Å². The Kier molecular flexibility index (Phi) is 5.83. The van der Waals surface area contributed by atoms with Gasteiger partial charge in [-0.2, -0.15) is 0 Å². The summed E-state index contributed by atoms with van der Waals surface area (Å²) in [7, 11) is 0. The fourth-order valence-electron chi connectivity index (χ4n) is 2.53. The van der Waals surface area contributed by atoms with Gasteiger partial charge >= 0.3 is 6.09 Å². The maximum Gasteiger partial charge on any atom is 0.411 e. The van der Waals surface area contributed by atoms with Gasteiger partial charge < -0.3 is 10.5 Å². The predicted molar refractivity (Wildman–Crippen MR) is 102 cm³/mol. The molecule has 26 heavy (non-hydrogen) atoms. The van der Waals surface area contributed by atoms with Crippen LogP contribution in [0.25, 0.3) is 0 Å². The lowest BCUT2D eigenvalue weighted by molar-refractivity contribution is -0.130. The van der Waals surface area contributed by atoms with Crippen LogP contribution in [0.15, 0.2) is 54.6 Å². The topological polar surface area (TPSA) is 81.4 Å². The first-order chi connectivity index (χ1) is 12.1. The number of hydrogen-bond acceptors (Lipinski definition) is 4. The third kappa shape index (κ3) is 4.92. The first-order valence-corrected chi connectivity index (χ1v) is 8.38. The fraction of sp³-hybridized carbons (Fsp3) is 0.286. The van der Waals surface area contributed by atoms with E-state index in [1.54, 1.807) is 45.0 Å². The van der Waals surface area contributed by atoms with Gasteiger partial charge in [-0.05, 0) is 30.2 Å². The van der Waals surface area contributed by atoms with Crippen molar-refractivity contribution in [2.24, 2.45) is 11.1 Å². The Balaban J connectivity index is 1.98. The molecule has 1 radical (unpaired) electrons. The molecule has 2 rings (SSSR count). The zero-order chi connectivity index (χ0) is 19.4. The molecular formula is C21H25N2O3. The van der Waals surface area contributed by atoms with Crippen LogP contribution in [-0.4, -0.2) is 11.9 Å². The van der Waals surface area contributed by atoms with Gasteiger partial charge in [-0.3, -0.25) is 10.1 Å². The van der Waals surface area contributed by atoms with Crippen LogP contribution in [0, 0.1) is 12.3 Å². The number of carbonyl (C=O) groups excluding carboxylic acids is 2. The van der Waals surface area contributed by atoms with Gasteiger partial charge in [0.2, 0.25) is 0 Å². The van der Waals surface area contributed by atoms with Crippen molar-refractivity contribution >= 4 is 17.6 Å². The van der Waals surface area contributed by atoms with E-state index in [4.69, 9.17) is 10.5 Å².